The van der Waals surface area contributed by atoms with Gasteiger partial charge in [0.25, 0.3) is 5.56 Å². The number of carbonyl (C=O) groups excluding carboxylic acids is 1. The first-order valence-corrected chi connectivity index (χ1v) is 12.3. The van der Waals surface area contributed by atoms with Crippen molar-refractivity contribution in [3.05, 3.63) is 62.2 Å². The predicted molar refractivity (Wildman–Crippen MR) is 129 cm³/mol. The lowest BCUT2D eigenvalue weighted by atomic mass is 9.86. The van der Waals surface area contributed by atoms with Gasteiger partial charge in [-0.05, 0) is 68.8 Å². The molecule has 0 unspecified atom stereocenters. The van der Waals surface area contributed by atoms with E-state index in [0.717, 1.165) is 35.9 Å². The van der Waals surface area contributed by atoms with Crippen LogP contribution in [0.1, 0.15) is 60.4 Å². The molecule has 8 heteroatoms. The van der Waals surface area contributed by atoms with Gasteiger partial charge in [-0.1, -0.05) is 6.92 Å². The van der Waals surface area contributed by atoms with E-state index in [-0.39, 0.29) is 30.0 Å². The van der Waals surface area contributed by atoms with Crippen molar-refractivity contribution in [2.24, 2.45) is 0 Å². The number of pyridine rings is 2. The van der Waals surface area contributed by atoms with Crippen molar-refractivity contribution in [3.63, 3.8) is 0 Å². The zero-order chi connectivity index (χ0) is 24.5. The van der Waals surface area contributed by atoms with Crippen molar-refractivity contribution in [1.82, 2.24) is 14.9 Å². The zero-order valence-corrected chi connectivity index (χ0v) is 19.9. The molecule has 0 saturated heterocycles. The SMILES string of the molecule is CC[C@@]1(O)C(=O)OCc2c1cc1n(c2=O)Cc2c-1nc1cc(F)c(C)cc1c2CCCNC1CC1. The molecule has 7 nitrogen and oxygen atoms in total. The predicted octanol–water partition coefficient (Wildman–Crippen LogP) is 3.21. The molecule has 3 aromatic rings. The quantitative estimate of drug-likeness (QED) is 0.327. The summed E-state index contributed by atoms with van der Waals surface area (Å²) in [7, 11) is 0. The highest BCUT2D eigenvalue weighted by Crippen LogP contribution is 2.40. The highest BCUT2D eigenvalue weighted by atomic mass is 19.1. The second-order valence-corrected chi connectivity index (χ2v) is 9.97. The van der Waals surface area contributed by atoms with Crippen LogP contribution in [0.3, 0.4) is 0 Å². The summed E-state index contributed by atoms with van der Waals surface area (Å²) in [5.74, 6) is -1.07. The Morgan fingerprint density at radius 2 is 2.06 bits per heavy atom. The molecule has 182 valence electrons. The second-order valence-electron chi connectivity index (χ2n) is 9.97. The van der Waals surface area contributed by atoms with Gasteiger partial charge in [-0.3, -0.25) is 4.79 Å². The Kier molecular flexibility index (Phi) is 5.09. The van der Waals surface area contributed by atoms with Crippen molar-refractivity contribution >= 4 is 16.9 Å². The second kappa shape index (κ2) is 7.96. The molecule has 1 aromatic carbocycles. The molecule has 1 aliphatic carbocycles. The minimum absolute atomic E-state index is 0.0868. The van der Waals surface area contributed by atoms with Gasteiger partial charge < -0.3 is 19.7 Å². The molecule has 2 aromatic heterocycles. The highest BCUT2D eigenvalue weighted by Gasteiger charge is 2.45. The van der Waals surface area contributed by atoms with Crippen LogP contribution in [0.2, 0.25) is 0 Å². The number of aliphatic hydroxyl groups is 1. The lowest BCUT2D eigenvalue weighted by molar-refractivity contribution is -0.172. The largest absolute Gasteiger partial charge is 0.458 e. The van der Waals surface area contributed by atoms with Crippen LogP contribution in [0.25, 0.3) is 22.3 Å². The molecular weight excluding hydrogens is 449 g/mol. The first-order chi connectivity index (χ1) is 16.8. The van der Waals surface area contributed by atoms with Gasteiger partial charge in [0.15, 0.2) is 5.60 Å². The number of benzene rings is 1. The molecule has 0 amide bonds. The number of ether oxygens (including phenoxy) is 1. The fraction of sp³-hybridized carbons (Fsp3) is 0.444. The Labute approximate surface area is 201 Å². The number of hydrogen-bond acceptors (Lipinski definition) is 6. The number of nitrogens with zero attached hydrogens (tertiary/aromatic N) is 2. The van der Waals surface area contributed by atoms with Crippen LogP contribution in [0.5, 0.6) is 0 Å². The van der Waals surface area contributed by atoms with E-state index in [1.54, 1.807) is 24.5 Å². The number of nitrogens with one attached hydrogen (secondary N) is 1. The normalized spacial score (nSPS) is 20.5. The summed E-state index contributed by atoms with van der Waals surface area (Å²) in [4.78, 5) is 30.7. The maximum atomic E-state index is 14.5. The monoisotopic (exact) mass is 477 g/mol. The molecule has 1 saturated carbocycles. The number of halogens is 1. The van der Waals surface area contributed by atoms with Crippen molar-refractivity contribution in [2.75, 3.05) is 6.54 Å². The first-order valence-electron chi connectivity index (χ1n) is 12.3. The van der Waals surface area contributed by atoms with E-state index in [9.17, 15) is 19.1 Å². The number of esters is 1. The Hall–Kier alpha value is -3.10. The van der Waals surface area contributed by atoms with Crippen LogP contribution in [-0.2, 0) is 34.7 Å². The van der Waals surface area contributed by atoms with Gasteiger partial charge in [0.1, 0.15) is 12.4 Å². The van der Waals surface area contributed by atoms with E-state index in [0.29, 0.717) is 40.6 Å². The van der Waals surface area contributed by atoms with E-state index in [4.69, 9.17) is 9.72 Å². The maximum Gasteiger partial charge on any atom is 0.343 e. The lowest BCUT2D eigenvalue weighted by Gasteiger charge is -2.31. The smallest absolute Gasteiger partial charge is 0.343 e. The summed E-state index contributed by atoms with van der Waals surface area (Å²) in [6.45, 7) is 4.51. The molecule has 3 aliphatic rings. The third kappa shape index (κ3) is 3.42. The molecule has 2 N–H and O–H groups in total. The van der Waals surface area contributed by atoms with E-state index < -0.39 is 11.6 Å². The van der Waals surface area contributed by atoms with E-state index in [2.05, 4.69) is 5.32 Å². The van der Waals surface area contributed by atoms with Gasteiger partial charge in [0, 0.05) is 28.6 Å². The first kappa shape index (κ1) is 22.4. The molecule has 0 bridgehead atoms. The van der Waals surface area contributed by atoms with Crippen molar-refractivity contribution in [3.8, 4) is 11.4 Å². The van der Waals surface area contributed by atoms with Crippen molar-refractivity contribution in [1.29, 1.82) is 0 Å². The number of aryl methyl sites for hydroxylation is 2. The van der Waals surface area contributed by atoms with Crippen LogP contribution >= 0.6 is 0 Å². The number of cyclic esters (lactones) is 1. The van der Waals surface area contributed by atoms with Gasteiger partial charge in [-0.2, -0.15) is 0 Å². The van der Waals surface area contributed by atoms with Crippen LogP contribution in [0.15, 0.2) is 23.0 Å². The number of hydrogen-bond donors (Lipinski definition) is 2. The van der Waals surface area contributed by atoms with E-state index >= 15 is 0 Å². The summed E-state index contributed by atoms with van der Waals surface area (Å²) in [5, 5.41) is 15.5. The van der Waals surface area contributed by atoms with E-state index in [1.807, 2.05) is 6.07 Å². The van der Waals surface area contributed by atoms with Crippen LogP contribution in [0.4, 0.5) is 4.39 Å². The molecule has 6 rings (SSSR count). The fourth-order valence-electron chi connectivity index (χ4n) is 5.44. The Balaban J connectivity index is 1.52. The Bertz CT molecular complexity index is 1460. The maximum absolute atomic E-state index is 14.5. The van der Waals surface area contributed by atoms with Crippen LogP contribution < -0.4 is 10.9 Å². The summed E-state index contributed by atoms with van der Waals surface area (Å²) in [6.07, 6.45) is 4.23. The molecule has 1 atom stereocenters. The van der Waals surface area contributed by atoms with Crippen molar-refractivity contribution in [2.45, 2.75) is 70.7 Å². The standard InChI is InChI=1S/C27H28FN3O4/c1-3-27(34)20-10-23-24-18(12-31(23)25(32)19(20)13-35-26(27)33)16(5-4-8-29-15-6-7-15)17-9-14(2)21(28)11-22(17)30-24/h9-11,15,29,34H,3-8,12-13H2,1-2H3/t27-/m0/s1. The number of carbonyl (C=O) groups is 1. The summed E-state index contributed by atoms with van der Waals surface area (Å²) in [5.41, 5.74) is 2.70. The van der Waals surface area contributed by atoms with Gasteiger partial charge in [-0.15, -0.1) is 0 Å². The fourth-order valence-corrected chi connectivity index (χ4v) is 5.44. The molecule has 0 radical (unpaired) electrons. The Morgan fingerprint density at radius 1 is 1.26 bits per heavy atom. The zero-order valence-electron chi connectivity index (χ0n) is 19.9. The number of rotatable bonds is 6. The average molecular weight is 478 g/mol. The minimum Gasteiger partial charge on any atom is -0.458 e. The summed E-state index contributed by atoms with van der Waals surface area (Å²) in [6, 6.07) is 5.63. The van der Waals surface area contributed by atoms with Gasteiger partial charge in [0.2, 0.25) is 0 Å². The minimum atomic E-state index is -1.87. The lowest BCUT2D eigenvalue weighted by Crippen LogP contribution is -2.44. The third-order valence-electron chi connectivity index (χ3n) is 7.70. The average Bonchev–Trinajstić information content (AvgIpc) is 3.60. The highest BCUT2D eigenvalue weighted by molar-refractivity contribution is 5.89. The van der Waals surface area contributed by atoms with E-state index in [1.165, 1.54) is 18.9 Å². The molecule has 1 fully saturated rings. The molecule has 4 heterocycles. The molecule has 2 aliphatic heterocycles. The van der Waals surface area contributed by atoms with Crippen molar-refractivity contribution < 1.29 is 19.0 Å². The number of aromatic nitrogens is 2. The van der Waals surface area contributed by atoms with Gasteiger partial charge in [0.05, 0.1) is 29.0 Å². The molecular formula is C27H28FN3O4. The molecule has 35 heavy (non-hydrogen) atoms. The number of fused-ring (bicyclic) bond motifs is 5. The summed E-state index contributed by atoms with van der Waals surface area (Å²) < 4.78 is 21.3. The third-order valence-corrected chi connectivity index (χ3v) is 7.70. The van der Waals surface area contributed by atoms with Crippen LogP contribution in [0, 0.1) is 12.7 Å². The van der Waals surface area contributed by atoms with Gasteiger partial charge >= 0.3 is 5.97 Å². The Morgan fingerprint density at radius 3 is 2.80 bits per heavy atom. The molecule has 0 spiro atoms. The summed E-state index contributed by atoms with van der Waals surface area (Å²) >= 11 is 0. The van der Waals surface area contributed by atoms with Crippen LogP contribution in [-0.4, -0.2) is 33.2 Å². The topological polar surface area (TPSA) is 93.5 Å². The van der Waals surface area contributed by atoms with Gasteiger partial charge in [-0.25, -0.2) is 14.2 Å².